The molecule has 34 heavy (non-hydrogen) atoms. The van der Waals surface area contributed by atoms with Crippen LogP contribution < -0.4 is 9.47 Å². The fraction of sp³-hybridized carbons (Fsp3) is 0.640. The van der Waals surface area contributed by atoms with Crippen molar-refractivity contribution < 1.29 is 28.6 Å². The van der Waals surface area contributed by atoms with Crippen molar-refractivity contribution in [3.05, 3.63) is 23.8 Å². The summed E-state index contributed by atoms with van der Waals surface area (Å²) in [6, 6.07) is 5.67. The van der Waals surface area contributed by atoms with Crippen LogP contribution in [0.1, 0.15) is 32.8 Å². The van der Waals surface area contributed by atoms with Crippen LogP contribution in [0.15, 0.2) is 18.2 Å². The maximum Gasteiger partial charge on any atom is 0.326 e. The number of hydrogen-bond donors (Lipinski definition) is 0. The van der Waals surface area contributed by atoms with E-state index < -0.39 is 17.5 Å². The highest BCUT2D eigenvalue weighted by Gasteiger charge is 2.37. The summed E-state index contributed by atoms with van der Waals surface area (Å²) < 4.78 is 16.0. The highest BCUT2D eigenvalue weighted by Crippen LogP contribution is 2.28. The summed E-state index contributed by atoms with van der Waals surface area (Å²) in [4.78, 5) is 43.5. The number of likely N-dealkylation sites (tertiary alicyclic amines) is 1. The monoisotopic (exact) mass is 477 g/mol. The Balaban J connectivity index is 2.01. The molecule has 190 valence electrons. The first-order chi connectivity index (χ1) is 15.9. The molecular weight excluding hydrogens is 438 g/mol. The third kappa shape index (κ3) is 8.20. The molecule has 1 atom stereocenters. The largest absolute Gasteiger partial charge is 0.493 e. The van der Waals surface area contributed by atoms with Crippen molar-refractivity contribution in [1.29, 1.82) is 0 Å². The van der Waals surface area contributed by atoms with Gasteiger partial charge in [0.1, 0.15) is 12.1 Å². The van der Waals surface area contributed by atoms with E-state index in [0.29, 0.717) is 44.1 Å². The molecule has 1 aliphatic rings. The molecule has 1 aromatic carbocycles. The van der Waals surface area contributed by atoms with Gasteiger partial charge >= 0.3 is 5.97 Å². The van der Waals surface area contributed by atoms with E-state index in [2.05, 4.69) is 0 Å². The topological polar surface area (TPSA) is 88.6 Å². The van der Waals surface area contributed by atoms with Gasteiger partial charge in [-0.25, -0.2) is 0 Å². The number of hydrogen-bond acceptors (Lipinski definition) is 7. The predicted molar refractivity (Wildman–Crippen MR) is 129 cm³/mol. The summed E-state index contributed by atoms with van der Waals surface area (Å²) in [7, 11) is 6.99. The summed E-state index contributed by atoms with van der Waals surface area (Å²) >= 11 is 0. The zero-order valence-corrected chi connectivity index (χ0v) is 21.6. The van der Waals surface area contributed by atoms with Crippen molar-refractivity contribution in [2.24, 2.45) is 5.92 Å². The molecule has 0 saturated carbocycles. The number of carbonyl (C=O) groups is 3. The molecule has 2 amide bonds. The van der Waals surface area contributed by atoms with Crippen LogP contribution in [0.3, 0.4) is 0 Å². The lowest BCUT2D eigenvalue weighted by Crippen LogP contribution is -2.45. The van der Waals surface area contributed by atoms with Gasteiger partial charge in [-0.3, -0.25) is 14.4 Å². The second-order valence-corrected chi connectivity index (χ2v) is 9.83. The maximum absolute atomic E-state index is 13.3. The van der Waals surface area contributed by atoms with E-state index in [1.54, 1.807) is 39.9 Å². The molecule has 0 N–H and O–H groups in total. The standard InChI is InChI=1S/C25H39N3O6/c1-25(2,3)34-23(30)17-28(13-12-26(4)5)24(31)19-15-22(29)27(16-19)11-10-18-8-9-20(32-6)21(14-18)33-7/h8-9,14,19H,10-13,15-17H2,1-7H3. The van der Waals surface area contributed by atoms with Crippen LogP contribution in [0.2, 0.25) is 0 Å². The molecule has 1 saturated heterocycles. The van der Waals surface area contributed by atoms with E-state index in [1.165, 1.54) is 4.90 Å². The van der Waals surface area contributed by atoms with Crippen LogP contribution in [0.25, 0.3) is 0 Å². The number of benzene rings is 1. The van der Waals surface area contributed by atoms with Gasteiger partial charge in [0.25, 0.3) is 0 Å². The van der Waals surface area contributed by atoms with E-state index in [1.807, 2.05) is 37.2 Å². The predicted octanol–water partition coefficient (Wildman–Crippen LogP) is 1.83. The molecule has 1 fully saturated rings. The van der Waals surface area contributed by atoms with Crippen LogP contribution in [0.5, 0.6) is 11.5 Å². The molecule has 0 bridgehead atoms. The Labute approximate surface area is 202 Å². The fourth-order valence-corrected chi connectivity index (χ4v) is 3.83. The van der Waals surface area contributed by atoms with Crippen molar-refractivity contribution in [3.63, 3.8) is 0 Å². The van der Waals surface area contributed by atoms with Gasteiger partial charge in [-0.1, -0.05) is 6.07 Å². The second-order valence-electron chi connectivity index (χ2n) is 9.83. The fourth-order valence-electron chi connectivity index (χ4n) is 3.83. The van der Waals surface area contributed by atoms with E-state index in [0.717, 1.165) is 5.56 Å². The first kappa shape index (κ1) is 27.4. The van der Waals surface area contributed by atoms with Crippen LogP contribution >= 0.6 is 0 Å². The Hall–Kier alpha value is -2.81. The minimum atomic E-state index is -0.627. The lowest BCUT2D eigenvalue weighted by molar-refractivity contribution is -0.159. The Kier molecular flexibility index (Phi) is 9.73. The van der Waals surface area contributed by atoms with E-state index in [4.69, 9.17) is 14.2 Å². The molecule has 1 unspecified atom stereocenters. The van der Waals surface area contributed by atoms with Crippen molar-refractivity contribution in [3.8, 4) is 11.5 Å². The summed E-state index contributed by atoms with van der Waals surface area (Å²) in [5.74, 6) is 0.131. The Morgan fingerprint density at radius 1 is 1.09 bits per heavy atom. The van der Waals surface area contributed by atoms with Gasteiger partial charge in [-0.2, -0.15) is 0 Å². The quantitative estimate of drug-likeness (QED) is 0.449. The number of amides is 2. The lowest BCUT2D eigenvalue weighted by atomic mass is 10.1. The van der Waals surface area contributed by atoms with Crippen molar-refractivity contribution in [2.45, 2.75) is 39.2 Å². The summed E-state index contributed by atoms with van der Waals surface area (Å²) in [6.45, 7) is 7.11. The van der Waals surface area contributed by atoms with Gasteiger partial charge in [0, 0.05) is 32.6 Å². The number of methoxy groups -OCH3 is 2. The zero-order chi connectivity index (χ0) is 25.5. The summed E-state index contributed by atoms with van der Waals surface area (Å²) in [5, 5.41) is 0. The van der Waals surface area contributed by atoms with Crippen molar-refractivity contribution in [2.75, 3.05) is 61.0 Å². The molecule has 1 aromatic rings. The van der Waals surface area contributed by atoms with Crippen molar-refractivity contribution >= 4 is 17.8 Å². The van der Waals surface area contributed by atoms with Crippen LogP contribution in [-0.2, 0) is 25.5 Å². The molecule has 0 radical (unpaired) electrons. The number of carbonyl (C=O) groups excluding carboxylic acids is 3. The molecular formula is C25H39N3O6. The first-order valence-corrected chi connectivity index (χ1v) is 11.6. The normalized spacial score (nSPS) is 16.1. The van der Waals surface area contributed by atoms with Crippen LogP contribution in [0, 0.1) is 5.92 Å². The van der Waals surface area contributed by atoms with E-state index >= 15 is 0 Å². The van der Waals surface area contributed by atoms with Crippen molar-refractivity contribution in [1.82, 2.24) is 14.7 Å². The Morgan fingerprint density at radius 2 is 1.76 bits per heavy atom. The lowest BCUT2D eigenvalue weighted by Gasteiger charge is -2.28. The van der Waals surface area contributed by atoms with Crippen LogP contribution in [0.4, 0.5) is 0 Å². The highest BCUT2D eigenvalue weighted by molar-refractivity contribution is 5.90. The minimum Gasteiger partial charge on any atom is -0.493 e. The highest BCUT2D eigenvalue weighted by atomic mass is 16.6. The number of ether oxygens (including phenoxy) is 3. The van der Waals surface area contributed by atoms with Gasteiger partial charge in [0.2, 0.25) is 11.8 Å². The maximum atomic E-state index is 13.3. The molecule has 1 aliphatic heterocycles. The average molecular weight is 478 g/mol. The third-order valence-corrected chi connectivity index (χ3v) is 5.55. The summed E-state index contributed by atoms with van der Waals surface area (Å²) in [5.41, 5.74) is 0.384. The second kappa shape index (κ2) is 12.1. The summed E-state index contributed by atoms with van der Waals surface area (Å²) in [6.07, 6.45) is 0.785. The van der Waals surface area contributed by atoms with Crippen LogP contribution in [-0.4, -0.2) is 99.1 Å². The zero-order valence-electron chi connectivity index (χ0n) is 21.6. The SMILES string of the molecule is COc1ccc(CCN2CC(C(=O)N(CCN(C)C)CC(=O)OC(C)(C)C)CC2=O)cc1OC. The number of rotatable bonds is 11. The van der Waals surface area contributed by atoms with Gasteiger partial charge in [-0.05, 0) is 59.0 Å². The smallest absolute Gasteiger partial charge is 0.326 e. The molecule has 1 heterocycles. The molecule has 0 aliphatic carbocycles. The molecule has 9 nitrogen and oxygen atoms in total. The molecule has 0 aromatic heterocycles. The van der Waals surface area contributed by atoms with Gasteiger partial charge in [-0.15, -0.1) is 0 Å². The van der Waals surface area contributed by atoms with Gasteiger partial charge in [0.05, 0.1) is 20.1 Å². The third-order valence-electron chi connectivity index (χ3n) is 5.55. The Morgan fingerprint density at radius 3 is 2.35 bits per heavy atom. The van der Waals surface area contributed by atoms with E-state index in [9.17, 15) is 14.4 Å². The number of likely N-dealkylation sites (N-methyl/N-ethyl adjacent to an activating group) is 1. The Bertz CT molecular complexity index is 865. The number of esters is 1. The molecule has 0 spiro atoms. The van der Waals surface area contributed by atoms with Gasteiger partial charge in [0.15, 0.2) is 11.5 Å². The number of nitrogens with zero attached hydrogens (tertiary/aromatic N) is 3. The molecule has 2 rings (SSSR count). The van der Waals surface area contributed by atoms with Gasteiger partial charge < -0.3 is 28.9 Å². The van der Waals surface area contributed by atoms with E-state index in [-0.39, 0.29) is 24.8 Å². The first-order valence-electron chi connectivity index (χ1n) is 11.6. The minimum absolute atomic E-state index is 0.0522. The average Bonchev–Trinajstić information content (AvgIpc) is 3.13. The molecule has 9 heteroatoms.